The van der Waals surface area contributed by atoms with Crippen LogP contribution in [-0.2, 0) is 11.0 Å². The van der Waals surface area contributed by atoms with Crippen LogP contribution in [0.3, 0.4) is 0 Å². The van der Waals surface area contributed by atoms with Gasteiger partial charge in [0.2, 0.25) is 0 Å². The third-order valence-electron chi connectivity index (χ3n) is 3.70. The molecule has 3 nitrogen and oxygen atoms in total. The molecule has 1 rings (SSSR count). The first-order valence-corrected chi connectivity index (χ1v) is 6.89. The molecular weight excluding hydrogens is 283 g/mol. The number of halogens is 3. The van der Waals surface area contributed by atoms with Gasteiger partial charge in [-0.25, -0.2) is 0 Å². The van der Waals surface area contributed by atoms with Crippen molar-refractivity contribution in [2.75, 3.05) is 6.54 Å². The molecule has 0 spiro atoms. The number of hydrogen-bond acceptors (Lipinski definition) is 2. The molecule has 0 aromatic heterocycles. The quantitative estimate of drug-likeness (QED) is 0.808. The molecule has 3 N–H and O–H groups in total. The maximum Gasteiger partial charge on any atom is 0.416 e. The van der Waals surface area contributed by atoms with Crippen molar-refractivity contribution in [3.8, 4) is 0 Å². The van der Waals surface area contributed by atoms with Gasteiger partial charge in [-0.2, -0.15) is 13.2 Å². The van der Waals surface area contributed by atoms with Crippen LogP contribution in [-0.4, -0.2) is 17.6 Å². The molecule has 2 unspecified atom stereocenters. The Bertz CT molecular complexity index is 457. The Morgan fingerprint density at radius 2 is 1.81 bits per heavy atom. The lowest BCUT2D eigenvalue weighted by Crippen LogP contribution is -2.23. The van der Waals surface area contributed by atoms with E-state index in [4.69, 9.17) is 10.8 Å². The highest BCUT2D eigenvalue weighted by Crippen LogP contribution is 2.32. The molecule has 118 valence electrons. The summed E-state index contributed by atoms with van der Waals surface area (Å²) in [7, 11) is 0. The minimum absolute atomic E-state index is 0.0423. The molecule has 0 amide bonds. The smallest absolute Gasteiger partial charge is 0.416 e. The van der Waals surface area contributed by atoms with Gasteiger partial charge < -0.3 is 10.8 Å². The number of carboxylic acids is 1. The predicted molar refractivity (Wildman–Crippen MR) is 73.9 cm³/mol. The van der Waals surface area contributed by atoms with E-state index >= 15 is 0 Å². The predicted octanol–water partition coefficient (Wildman–Crippen LogP) is 3.64. The van der Waals surface area contributed by atoms with Crippen molar-refractivity contribution < 1.29 is 23.1 Å². The Labute approximate surface area is 122 Å². The molecule has 0 radical (unpaired) electrons. The molecule has 0 aliphatic heterocycles. The van der Waals surface area contributed by atoms with Crippen molar-refractivity contribution in [1.82, 2.24) is 0 Å². The van der Waals surface area contributed by atoms with Crippen LogP contribution < -0.4 is 5.73 Å². The third kappa shape index (κ3) is 5.04. The minimum atomic E-state index is -4.34. The summed E-state index contributed by atoms with van der Waals surface area (Å²) in [6.45, 7) is 2.00. The average Bonchev–Trinajstić information content (AvgIpc) is 2.42. The van der Waals surface area contributed by atoms with Gasteiger partial charge in [0.15, 0.2) is 0 Å². The standard InChI is InChI=1S/C15H20F3NO2/c1-2-10(3-4-12(9-19)14(20)21)11-5-7-13(8-6-11)15(16,17)18/h5-8,10,12H,2-4,9,19H2,1H3,(H,20,21). The van der Waals surface area contributed by atoms with Crippen molar-refractivity contribution in [3.63, 3.8) is 0 Å². The normalized spacial score (nSPS) is 14.7. The zero-order chi connectivity index (χ0) is 16.0. The second-order valence-corrected chi connectivity index (χ2v) is 5.07. The van der Waals surface area contributed by atoms with E-state index in [0.29, 0.717) is 12.8 Å². The Hall–Kier alpha value is -1.56. The fourth-order valence-electron chi connectivity index (χ4n) is 2.30. The van der Waals surface area contributed by atoms with Gasteiger partial charge in [-0.3, -0.25) is 4.79 Å². The molecule has 0 aliphatic carbocycles. The van der Waals surface area contributed by atoms with Crippen LogP contribution in [0.5, 0.6) is 0 Å². The molecule has 0 heterocycles. The lowest BCUT2D eigenvalue weighted by Gasteiger charge is -2.18. The van der Waals surface area contributed by atoms with Crippen molar-refractivity contribution in [3.05, 3.63) is 35.4 Å². The van der Waals surface area contributed by atoms with Crippen LogP contribution in [0.4, 0.5) is 13.2 Å². The molecule has 2 atom stereocenters. The first-order chi connectivity index (χ1) is 9.79. The largest absolute Gasteiger partial charge is 0.481 e. The second-order valence-electron chi connectivity index (χ2n) is 5.07. The lowest BCUT2D eigenvalue weighted by atomic mass is 9.88. The number of aliphatic carboxylic acids is 1. The van der Waals surface area contributed by atoms with E-state index in [1.807, 2.05) is 6.92 Å². The highest BCUT2D eigenvalue weighted by molar-refractivity contribution is 5.70. The summed E-state index contributed by atoms with van der Waals surface area (Å²) in [6.07, 6.45) is -2.59. The van der Waals surface area contributed by atoms with Crippen LogP contribution in [0.25, 0.3) is 0 Å². The first kappa shape index (κ1) is 17.5. The van der Waals surface area contributed by atoms with Gasteiger partial charge in [0.25, 0.3) is 0 Å². The van der Waals surface area contributed by atoms with Crippen LogP contribution in [0.2, 0.25) is 0 Å². The molecule has 1 aromatic carbocycles. The maximum atomic E-state index is 12.5. The van der Waals surface area contributed by atoms with Crippen molar-refractivity contribution in [2.24, 2.45) is 11.7 Å². The summed E-state index contributed by atoms with van der Waals surface area (Å²) in [5, 5.41) is 8.95. The van der Waals surface area contributed by atoms with Crippen LogP contribution in [0, 0.1) is 5.92 Å². The summed E-state index contributed by atoms with van der Waals surface area (Å²) in [4.78, 5) is 10.9. The fourth-order valence-corrected chi connectivity index (χ4v) is 2.30. The summed E-state index contributed by atoms with van der Waals surface area (Å²) < 4.78 is 37.5. The average molecular weight is 303 g/mol. The first-order valence-electron chi connectivity index (χ1n) is 6.89. The highest BCUT2D eigenvalue weighted by Gasteiger charge is 2.30. The molecule has 0 saturated carbocycles. The van der Waals surface area contributed by atoms with E-state index in [1.54, 1.807) is 0 Å². The minimum Gasteiger partial charge on any atom is -0.481 e. The van der Waals surface area contributed by atoms with Gasteiger partial charge in [0, 0.05) is 6.54 Å². The maximum absolute atomic E-state index is 12.5. The Morgan fingerprint density at radius 3 is 2.19 bits per heavy atom. The molecule has 1 aromatic rings. The number of alkyl halides is 3. The van der Waals surface area contributed by atoms with E-state index in [1.165, 1.54) is 12.1 Å². The SMILES string of the molecule is CCC(CCC(CN)C(=O)O)c1ccc(C(F)(F)F)cc1. The Balaban J connectivity index is 2.74. The van der Waals surface area contributed by atoms with Crippen LogP contribution >= 0.6 is 0 Å². The number of nitrogens with two attached hydrogens (primary N) is 1. The number of rotatable bonds is 7. The number of carbonyl (C=O) groups is 1. The van der Waals surface area contributed by atoms with Crippen LogP contribution in [0.15, 0.2) is 24.3 Å². The second kappa shape index (κ2) is 7.45. The molecule has 21 heavy (non-hydrogen) atoms. The molecule has 0 aliphatic rings. The van der Waals surface area contributed by atoms with Crippen molar-refractivity contribution in [2.45, 2.75) is 38.3 Å². The van der Waals surface area contributed by atoms with E-state index in [0.717, 1.165) is 24.1 Å². The van der Waals surface area contributed by atoms with Gasteiger partial charge in [-0.15, -0.1) is 0 Å². The molecule has 6 heteroatoms. The van der Waals surface area contributed by atoms with E-state index in [9.17, 15) is 18.0 Å². The van der Waals surface area contributed by atoms with Gasteiger partial charge in [-0.1, -0.05) is 19.1 Å². The summed E-state index contributed by atoms with van der Waals surface area (Å²) >= 11 is 0. The summed E-state index contributed by atoms with van der Waals surface area (Å²) in [5.74, 6) is -1.49. The Kier molecular flexibility index (Phi) is 6.20. The van der Waals surface area contributed by atoms with Gasteiger partial charge in [0.1, 0.15) is 0 Å². The van der Waals surface area contributed by atoms with Gasteiger partial charge in [-0.05, 0) is 42.9 Å². The number of hydrogen-bond donors (Lipinski definition) is 2. The van der Waals surface area contributed by atoms with E-state index < -0.39 is 23.6 Å². The number of benzene rings is 1. The van der Waals surface area contributed by atoms with Crippen LogP contribution in [0.1, 0.15) is 43.2 Å². The summed E-state index contributed by atoms with van der Waals surface area (Å²) in [5.41, 5.74) is 5.53. The topological polar surface area (TPSA) is 63.3 Å². The van der Waals surface area contributed by atoms with Gasteiger partial charge >= 0.3 is 12.1 Å². The molecule has 0 fully saturated rings. The van der Waals surface area contributed by atoms with Crippen molar-refractivity contribution in [1.29, 1.82) is 0 Å². The van der Waals surface area contributed by atoms with E-state index in [2.05, 4.69) is 0 Å². The highest BCUT2D eigenvalue weighted by atomic mass is 19.4. The monoisotopic (exact) mass is 303 g/mol. The lowest BCUT2D eigenvalue weighted by molar-refractivity contribution is -0.141. The Morgan fingerprint density at radius 1 is 1.24 bits per heavy atom. The van der Waals surface area contributed by atoms with Gasteiger partial charge in [0.05, 0.1) is 11.5 Å². The fraction of sp³-hybridized carbons (Fsp3) is 0.533. The summed E-state index contributed by atoms with van der Waals surface area (Å²) in [6, 6.07) is 5.07. The zero-order valence-electron chi connectivity index (χ0n) is 11.9. The molecule has 0 saturated heterocycles. The van der Waals surface area contributed by atoms with E-state index in [-0.39, 0.29) is 12.5 Å². The molecule has 0 bridgehead atoms. The van der Waals surface area contributed by atoms with Crippen molar-refractivity contribution >= 4 is 5.97 Å². The third-order valence-corrected chi connectivity index (χ3v) is 3.70. The molecular formula is C15H20F3NO2. The number of carboxylic acid groups (broad SMARTS) is 1. The zero-order valence-corrected chi connectivity index (χ0v) is 11.9.